The lowest BCUT2D eigenvalue weighted by molar-refractivity contribution is -0.146. The van der Waals surface area contributed by atoms with E-state index < -0.39 is 17.4 Å². The van der Waals surface area contributed by atoms with Gasteiger partial charge in [0.1, 0.15) is 0 Å². The molecule has 4 nitrogen and oxygen atoms in total. The largest absolute Gasteiger partial charge is 0.479 e. The van der Waals surface area contributed by atoms with E-state index in [-0.39, 0.29) is 0 Å². The molecule has 0 aliphatic carbocycles. The maximum absolute atomic E-state index is 11.5. The van der Waals surface area contributed by atoms with Crippen molar-refractivity contribution in [3.8, 4) is 0 Å². The Morgan fingerprint density at radius 1 is 1.29 bits per heavy atom. The Labute approximate surface area is 100.0 Å². The van der Waals surface area contributed by atoms with Crippen LogP contribution in [0.15, 0.2) is 42.5 Å². The zero-order valence-corrected chi connectivity index (χ0v) is 9.81. The SMILES string of the molecule is CC=CC(=O)NC(C)(C(=O)O)c1ccccc1. The molecule has 1 rings (SSSR count). The van der Waals surface area contributed by atoms with Crippen LogP contribution in [0, 0.1) is 0 Å². The number of carbonyl (C=O) groups is 2. The van der Waals surface area contributed by atoms with E-state index in [2.05, 4.69) is 5.32 Å². The number of nitrogens with one attached hydrogen (secondary N) is 1. The molecule has 0 aliphatic heterocycles. The Morgan fingerprint density at radius 2 is 1.88 bits per heavy atom. The minimum atomic E-state index is -1.42. The van der Waals surface area contributed by atoms with E-state index in [0.29, 0.717) is 5.56 Å². The van der Waals surface area contributed by atoms with Crippen LogP contribution in [0.3, 0.4) is 0 Å². The summed E-state index contributed by atoms with van der Waals surface area (Å²) in [6.45, 7) is 3.16. The standard InChI is InChI=1S/C13H15NO3/c1-3-7-11(15)14-13(2,12(16)17)10-8-5-4-6-9-10/h3-9H,1-2H3,(H,14,15)(H,16,17). The molecule has 0 saturated carbocycles. The van der Waals surface area contributed by atoms with Crippen LogP contribution >= 0.6 is 0 Å². The molecule has 1 aromatic rings. The van der Waals surface area contributed by atoms with E-state index in [4.69, 9.17) is 0 Å². The Morgan fingerprint density at radius 3 is 2.35 bits per heavy atom. The van der Waals surface area contributed by atoms with Gasteiger partial charge >= 0.3 is 5.97 Å². The lowest BCUT2D eigenvalue weighted by Crippen LogP contribution is -2.49. The molecule has 0 fully saturated rings. The number of amides is 1. The van der Waals surface area contributed by atoms with Gasteiger partial charge in [-0.2, -0.15) is 0 Å². The van der Waals surface area contributed by atoms with Crippen molar-refractivity contribution in [3.05, 3.63) is 48.0 Å². The minimum absolute atomic E-state index is 0.429. The predicted octanol–water partition coefficient (Wildman–Crippen LogP) is 1.68. The van der Waals surface area contributed by atoms with Crippen molar-refractivity contribution in [1.29, 1.82) is 0 Å². The Hall–Kier alpha value is -2.10. The summed E-state index contributed by atoms with van der Waals surface area (Å²) in [4.78, 5) is 22.8. The lowest BCUT2D eigenvalue weighted by atomic mass is 9.92. The average molecular weight is 233 g/mol. The van der Waals surface area contributed by atoms with E-state index in [1.54, 1.807) is 43.3 Å². The van der Waals surface area contributed by atoms with Crippen LogP contribution in [0.5, 0.6) is 0 Å². The number of aliphatic carboxylic acids is 1. The number of hydrogen-bond acceptors (Lipinski definition) is 2. The van der Waals surface area contributed by atoms with Gasteiger partial charge in [0.05, 0.1) is 0 Å². The highest BCUT2D eigenvalue weighted by Crippen LogP contribution is 2.20. The van der Waals surface area contributed by atoms with Crippen LogP contribution < -0.4 is 5.32 Å². The monoisotopic (exact) mass is 233 g/mol. The van der Waals surface area contributed by atoms with E-state index in [0.717, 1.165) is 0 Å². The van der Waals surface area contributed by atoms with Crippen LogP contribution in [0.1, 0.15) is 19.4 Å². The first kappa shape index (κ1) is 13.0. The van der Waals surface area contributed by atoms with Gasteiger partial charge in [-0.3, -0.25) is 4.79 Å². The number of allylic oxidation sites excluding steroid dienone is 1. The molecule has 0 saturated heterocycles. The molecule has 0 spiro atoms. The van der Waals surface area contributed by atoms with Crippen LogP contribution in [0.4, 0.5) is 0 Å². The van der Waals surface area contributed by atoms with Gasteiger partial charge in [-0.15, -0.1) is 0 Å². The number of carbonyl (C=O) groups excluding carboxylic acids is 1. The predicted molar refractivity (Wildman–Crippen MR) is 64.4 cm³/mol. The first-order valence-corrected chi connectivity index (χ1v) is 5.24. The second kappa shape index (κ2) is 5.30. The van der Waals surface area contributed by atoms with Gasteiger partial charge in [0, 0.05) is 0 Å². The van der Waals surface area contributed by atoms with Gasteiger partial charge in [0.15, 0.2) is 5.54 Å². The Balaban J connectivity index is 3.07. The van der Waals surface area contributed by atoms with Crippen molar-refractivity contribution < 1.29 is 14.7 Å². The number of hydrogen-bond donors (Lipinski definition) is 2. The normalized spacial score (nSPS) is 14.2. The highest BCUT2D eigenvalue weighted by molar-refractivity contribution is 5.93. The van der Waals surface area contributed by atoms with Gasteiger partial charge in [-0.1, -0.05) is 36.4 Å². The highest BCUT2D eigenvalue weighted by Gasteiger charge is 2.36. The van der Waals surface area contributed by atoms with Gasteiger partial charge in [-0.25, -0.2) is 4.79 Å². The lowest BCUT2D eigenvalue weighted by Gasteiger charge is -2.26. The third kappa shape index (κ3) is 2.93. The van der Waals surface area contributed by atoms with E-state index in [1.165, 1.54) is 13.0 Å². The smallest absolute Gasteiger partial charge is 0.333 e. The zero-order chi connectivity index (χ0) is 12.9. The summed E-state index contributed by atoms with van der Waals surface area (Å²) in [6.07, 6.45) is 2.85. The average Bonchev–Trinajstić information content (AvgIpc) is 2.30. The molecule has 1 unspecified atom stereocenters. The summed E-state index contributed by atoms with van der Waals surface area (Å²) in [5, 5.41) is 11.7. The molecule has 17 heavy (non-hydrogen) atoms. The summed E-state index contributed by atoms with van der Waals surface area (Å²) in [7, 11) is 0. The van der Waals surface area contributed by atoms with Crippen LogP contribution in [-0.2, 0) is 15.1 Å². The Bertz CT molecular complexity index is 439. The molecular formula is C13H15NO3. The van der Waals surface area contributed by atoms with Crippen LogP contribution in [0.2, 0.25) is 0 Å². The summed E-state index contributed by atoms with van der Waals surface area (Å²) in [5.74, 6) is -1.53. The molecule has 1 aromatic carbocycles. The second-order valence-electron chi connectivity index (χ2n) is 3.79. The van der Waals surface area contributed by atoms with Gasteiger partial charge in [0.2, 0.25) is 5.91 Å². The zero-order valence-electron chi connectivity index (χ0n) is 9.81. The van der Waals surface area contributed by atoms with Gasteiger partial charge in [0.25, 0.3) is 0 Å². The summed E-state index contributed by atoms with van der Waals surface area (Å²) < 4.78 is 0. The van der Waals surface area contributed by atoms with Crippen molar-refractivity contribution in [2.45, 2.75) is 19.4 Å². The van der Waals surface area contributed by atoms with Crippen LogP contribution in [-0.4, -0.2) is 17.0 Å². The molecule has 0 aliphatic rings. The van der Waals surface area contributed by atoms with Crippen molar-refractivity contribution in [1.82, 2.24) is 5.32 Å². The van der Waals surface area contributed by atoms with Crippen molar-refractivity contribution in [2.75, 3.05) is 0 Å². The van der Waals surface area contributed by atoms with E-state index >= 15 is 0 Å². The minimum Gasteiger partial charge on any atom is -0.479 e. The second-order valence-corrected chi connectivity index (χ2v) is 3.79. The third-order valence-electron chi connectivity index (χ3n) is 2.47. The molecule has 1 atom stereocenters. The summed E-state index contributed by atoms with van der Waals surface area (Å²) >= 11 is 0. The summed E-state index contributed by atoms with van der Waals surface area (Å²) in [6, 6.07) is 8.60. The van der Waals surface area contributed by atoms with Gasteiger partial charge in [-0.05, 0) is 25.5 Å². The number of benzene rings is 1. The summed E-state index contributed by atoms with van der Waals surface area (Å²) in [5.41, 5.74) is -0.886. The Kier molecular flexibility index (Phi) is 4.04. The van der Waals surface area contributed by atoms with Crippen molar-refractivity contribution >= 4 is 11.9 Å². The topological polar surface area (TPSA) is 66.4 Å². The molecule has 0 bridgehead atoms. The number of rotatable bonds is 4. The fourth-order valence-electron chi connectivity index (χ4n) is 1.46. The molecule has 2 N–H and O–H groups in total. The quantitative estimate of drug-likeness (QED) is 0.777. The molecule has 90 valence electrons. The number of carboxylic acids is 1. The molecule has 0 radical (unpaired) electrons. The van der Waals surface area contributed by atoms with E-state index in [1.807, 2.05) is 0 Å². The van der Waals surface area contributed by atoms with Crippen molar-refractivity contribution in [3.63, 3.8) is 0 Å². The molecular weight excluding hydrogens is 218 g/mol. The molecule has 0 heterocycles. The van der Waals surface area contributed by atoms with Crippen molar-refractivity contribution in [2.24, 2.45) is 0 Å². The maximum Gasteiger partial charge on any atom is 0.333 e. The fraction of sp³-hybridized carbons (Fsp3) is 0.231. The fourth-order valence-corrected chi connectivity index (χ4v) is 1.46. The molecule has 0 aromatic heterocycles. The van der Waals surface area contributed by atoms with E-state index in [9.17, 15) is 14.7 Å². The molecule has 4 heteroatoms. The third-order valence-corrected chi connectivity index (χ3v) is 2.47. The van der Waals surface area contributed by atoms with Gasteiger partial charge < -0.3 is 10.4 Å². The highest BCUT2D eigenvalue weighted by atomic mass is 16.4. The molecule has 1 amide bonds. The first-order chi connectivity index (χ1) is 8.00. The first-order valence-electron chi connectivity index (χ1n) is 5.24. The maximum atomic E-state index is 11.5. The van der Waals surface area contributed by atoms with Crippen LogP contribution in [0.25, 0.3) is 0 Å². The number of carboxylic acid groups (broad SMARTS) is 1.